The number of nitrogens with zero attached hydrogens (tertiary/aromatic N) is 2. The van der Waals surface area contributed by atoms with Crippen LogP contribution in [0.15, 0.2) is 54.7 Å². The molecule has 1 aromatic heterocycles. The molecular formula is C20H18ClN3O2. The number of benzene rings is 2. The van der Waals surface area contributed by atoms with Crippen LogP contribution < -0.4 is 10.1 Å². The first kappa shape index (κ1) is 16.7. The van der Waals surface area contributed by atoms with Crippen LogP contribution in [0.3, 0.4) is 0 Å². The van der Waals surface area contributed by atoms with Crippen molar-refractivity contribution in [2.75, 3.05) is 11.9 Å². The first-order valence-electron chi connectivity index (χ1n) is 8.52. The van der Waals surface area contributed by atoms with Gasteiger partial charge in [-0.2, -0.15) is 5.10 Å². The minimum absolute atomic E-state index is 0.0276. The zero-order valence-electron chi connectivity index (χ0n) is 14.3. The molecule has 0 saturated carbocycles. The quantitative estimate of drug-likeness (QED) is 0.743. The van der Waals surface area contributed by atoms with Gasteiger partial charge in [0.2, 0.25) is 5.91 Å². The van der Waals surface area contributed by atoms with Crippen molar-refractivity contribution < 1.29 is 9.53 Å². The normalized spacial score (nSPS) is 16.1. The molecule has 1 aliphatic heterocycles. The lowest BCUT2D eigenvalue weighted by molar-refractivity contribution is -0.116. The number of carbonyl (C=O) groups is 1. The van der Waals surface area contributed by atoms with E-state index in [4.69, 9.17) is 16.3 Å². The van der Waals surface area contributed by atoms with Gasteiger partial charge < -0.3 is 10.1 Å². The highest BCUT2D eigenvalue weighted by atomic mass is 35.5. The molecule has 5 nitrogen and oxygen atoms in total. The van der Waals surface area contributed by atoms with Gasteiger partial charge in [-0.05, 0) is 42.8 Å². The molecule has 4 rings (SSSR count). The van der Waals surface area contributed by atoms with Crippen LogP contribution in [0.25, 0.3) is 5.69 Å². The molecule has 0 saturated heterocycles. The smallest absolute Gasteiger partial charge is 0.226 e. The van der Waals surface area contributed by atoms with Gasteiger partial charge in [0, 0.05) is 22.9 Å². The van der Waals surface area contributed by atoms with Crippen molar-refractivity contribution in [3.8, 4) is 11.4 Å². The second-order valence-electron chi connectivity index (χ2n) is 6.15. The molecule has 132 valence electrons. The van der Waals surface area contributed by atoms with Gasteiger partial charge in [-0.3, -0.25) is 4.79 Å². The molecular weight excluding hydrogens is 350 g/mol. The van der Waals surface area contributed by atoms with E-state index in [2.05, 4.69) is 10.4 Å². The number of anilines is 1. The van der Waals surface area contributed by atoms with Crippen LogP contribution in [0.4, 0.5) is 5.82 Å². The summed E-state index contributed by atoms with van der Waals surface area (Å²) in [5.74, 6) is 1.45. The highest BCUT2D eigenvalue weighted by Crippen LogP contribution is 2.38. The summed E-state index contributed by atoms with van der Waals surface area (Å²) in [5, 5.41) is 8.06. The van der Waals surface area contributed by atoms with Gasteiger partial charge in [-0.1, -0.05) is 29.8 Å². The van der Waals surface area contributed by atoms with E-state index in [1.54, 1.807) is 4.68 Å². The SMILES string of the molecule is CCOc1ccc([C@@H]2CC(=O)Nc3c2cnn3-c2cccc(Cl)c2)cc1. The third kappa shape index (κ3) is 3.06. The molecule has 1 N–H and O–H groups in total. The number of fused-ring (bicyclic) bond motifs is 1. The maximum atomic E-state index is 12.3. The molecule has 1 aliphatic rings. The number of carbonyl (C=O) groups excluding carboxylic acids is 1. The number of rotatable bonds is 4. The van der Waals surface area contributed by atoms with Crippen LogP contribution in [0, 0.1) is 0 Å². The Balaban J connectivity index is 1.74. The molecule has 0 bridgehead atoms. The monoisotopic (exact) mass is 367 g/mol. The number of aromatic nitrogens is 2. The molecule has 26 heavy (non-hydrogen) atoms. The van der Waals surface area contributed by atoms with E-state index >= 15 is 0 Å². The third-order valence-electron chi connectivity index (χ3n) is 4.47. The van der Waals surface area contributed by atoms with Crippen molar-refractivity contribution in [1.29, 1.82) is 0 Å². The molecule has 2 aromatic carbocycles. The van der Waals surface area contributed by atoms with Crippen molar-refractivity contribution in [2.45, 2.75) is 19.3 Å². The van der Waals surface area contributed by atoms with Crippen molar-refractivity contribution in [1.82, 2.24) is 9.78 Å². The van der Waals surface area contributed by atoms with Crippen LogP contribution in [0.1, 0.15) is 30.4 Å². The number of ether oxygens (including phenoxy) is 1. The number of hydrogen-bond donors (Lipinski definition) is 1. The minimum atomic E-state index is -0.0395. The van der Waals surface area contributed by atoms with Crippen molar-refractivity contribution in [2.24, 2.45) is 0 Å². The van der Waals surface area contributed by atoms with Gasteiger partial charge in [0.15, 0.2) is 0 Å². The summed E-state index contributed by atoms with van der Waals surface area (Å²) in [6.45, 7) is 2.58. The zero-order chi connectivity index (χ0) is 18.1. The fraction of sp³-hybridized carbons (Fsp3) is 0.200. The molecule has 6 heteroatoms. The predicted molar refractivity (Wildman–Crippen MR) is 101 cm³/mol. The van der Waals surface area contributed by atoms with Gasteiger partial charge >= 0.3 is 0 Å². The van der Waals surface area contributed by atoms with Crippen LogP contribution in [0.5, 0.6) is 5.75 Å². The Hall–Kier alpha value is -2.79. The summed E-state index contributed by atoms with van der Waals surface area (Å²) in [4.78, 5) is 12.3. The molecule has 1 atom stereocenters. The molecule has 2 heterocycles. The molecule has 1 amide bonds. The molecule has 0 fully saturated rings. The Morgan fingerprint density at radius 2 is 2.08 bits per heavy atom. The molecule has 0 unspecified atom stereocenters. The molecule has 0 spiro atoms. The minimum Gasteiger partial charge on any atom is -0.494 e. The number of amides is 1. The Morgan fingerprint density at radius 1 is 1.27 bits per heavy atom. The summed E-state index contributed by atoms with van der Waals surface area (Å²) in [6, 6.07) is 15.3. The Bertz CT molecular complexity index is 950. The second kappa shape index (κ2) is 6.84. The predicted octanol–water partition coefficient (Wildman–Crippen LogP) is 4.40. The van der Waals surface area contributed by atoms with Gasteiger partial charge in [0.1, 0.15) is 11.6 Å². The fourth-order valence-electron chi connectivity index (χ4n) is 3.28. The maximum absolute atomic E-state index is 12.3. The molecule has 3 aromatic rings. The molecule has 0 aliphatic carbocycles. The van der Waals surface area contributed by atoms with Crippen LogP contribution >= 0.6 is 11.6 Å². The lowest BCUT2D eigenvalue weighted by atomic mass is 9.87. The summed E-state index contributed by atoms with van der Waals surface area (Å²) in [6.07, 6.45) is 2.21. The van der Waals surface area contributed by atoms with E-state index in [0.29, 0.717) is 23.9 Å². The van der Waals surface area contributed by atoms with Gasteiger partial charge in [0.05, 0.1) is 18.5 Å². The largest absolute Gasteiger partial charge is 0.494 e. The third-order valence-corrected chi connectivity index (χ3v) is 4.70. The highest BCUT2D eigenvalue weighted by Gasteiger charge is 2.30. The summed E-state index contributed by atoms with van der Waals surface area (Å²) < 4.78 is 7.23. The zero-order valence-corrected chi connectivity index (χ0v) is 15.0. The lowest BCUT2D eigenvalue weighted by Crippen LogP contribution is -2.24. The standard InChI is InChI=1S/C20H18ClN3O2/c1-2-26-16-8-6-13(7-9-16)17-11-19(25)23-20-18(17)12-22-24(20)15-5-3-4-14(21)10-15/h3-10,12,17H,2,11H2,1H3,(H,23,25)/t17-/m0/s1. The average molecular weight is 368 g/mol. The first-order chi connectivity index (χ1) is 12.7. The second-order valence-corrected chi connectivity index (χ2v) is 6.58. The molecule has 0 radical (unpaired) electrons. The van der Waals surface area contributed by atoms with Gasteiger partial charge in [0.25, 0.3) is 0 Å². The number of hydrogen-bond acceptors (Lipinski definition) is 3. The van der Waals surface area contributed by atoms with Crippen LogP contribution in [-0.4, -0.2) is 22.3 Å². The van der Waals surface area contributed by atoms with Crippen molar-refractivity contribution >= 4 is 23.3 Å². The van der Waals surface area contributed by atoms with E-state index in [9.17, 15) is 4.79 Å². The summed E-state index contributed by atoms with van der Waals surface area (Å²) in [7, 11) is 0. The van der Waals surface area contributed by atoms with E-state index < -0.39 is 0 Å². The summed E-state index contributed by atoms with van der Waals surface area (Å²) in [5.41, 5.74) is 2.87. The van der Waals surface area contributed by atoms with E-state index in [-0.39, 0.29) is 11.8 Å². The van der Waals surface area contributed by atoms with Gasteiger partial charge in [-0.15, -0.1) is 0 Å². The van der Waals surface area contributed by atoms with E-state index in [1.807, 2.05) is 61.7 Å². The van der Waals surface area contributed by atoms with Crippen molar-refractivity contribution in [3.05, 3.63) is 70.9 Å². The maximum Gasteiger partial charge on any atom is 0.226 e. The number of halogens is 1. The number of nitrogens with one attached hydrogen (secondary N) is 1. The lowest BCUT2D eigenvalue weighted by Gasteiger charge is -2.24. The topological polar surface area (TPSA) is 56.1 Å². The Kier molecular flexibility index (Phi) is 4.39. The van der Waals surface area contributed by atoms with Gasteiger partial charge in [-0.25, -0.2) is 4.68 Å². The fourth-order valence-corrected chi connectivity index (χ4v) is 3.47. The van der Waals surface area contributed by atoms with E-state index in [0.717, 1.165) is 22.6 Å². The van der Waals surface area contributed by atoms with E-state index in [1.165, 1.54) is 0 Å². The highest BCUT2D eigenvalue weighted by molar-refractivity contribution is 6.30. The van der Waals surface area contributed by atoms with Crippen LogP contribution in [0.2, 0.25) is 5.02 Å². The van der Waals surface area contributed by atoms with Crippen LogP contribution in [-0.2, 0) is 4.79 Å². The van der Waals surface area contributed by atoms with Crippen molar-refractivity contribution in [3.63, 3.8) is 0 Å². The Labute approximate surface area is 156 Å². The average Bonchev–Trinajstić information content (AvgIpc) is 3.06. The summed E-state index contributed by atoms with van der Waals surface area (Å²) >= 11 is 6.10. The Morgan fingerprint density at radius 3 is 2.81 bits per heavy atom. The first-order valence-corrected chi connectivity index (χ1v) is 8.90.